The van der Waals surface area contributed by atoms with E-state index in [4.69, 9.17) is 0 Å². The van der Waals surface area contributed by atoms with Crippen LogP contribution in [0.5, 0.6) is 0 Å². The molecule has 2 rings (SSSR count). The van der Waals surface area contributed by atoms with Crippen LogP contribution in [0, 0.1) is 6.92 Å². The molecule has 0 aromatic heterocycles. The largest absolute Gasteiger partial charge is 0.336 e. The molecule has 1 amide bonds. The fourth-order valence-electron chi connectivity index (χ4n) is 2.68. The number of carbonyl (C=O) groups excluding carboxylic acids is 1. The fourth-order valence-corrected chi connectivity index (χ4v) is 3.05. The van der Waals surface area contributed by atoms with E-state index in [1.807, 2.05) is 30.0 Å². The van der Waals surface area contributed by atoms with E-state index in [2.05, 4.69) is 28.2 Å². The van der Waals surface area contributed by atoms with Crippen molar-refractivity contribution in [3.63, 3.8) is 0 Å². The third kappa shape index (κ3) is 3.18. The summed E-state index contributed by atoms with van der Waals surface area (Å²) in [4.78, 5) is 14.8. The van der Waals surface area contributed by atoms with Crippen molar-refractivity contribution in [2.75, 3.05) is 19.6 Å². The molecule has 0 atom stereocenters. The maximum atomic E-state index is 12.7. The predicted octanol–water partition coefficient (Wildman–Crippen LogP) is 2.97. The Balaban J connectivity index is 2.22. The molecule has 4 heteroatoms. The van der Waals surface area contributed by atoms with E-state index in [1.165, 1.54) is 0 Å². The first-order chi connectivity index (χ1) is 9.15. The minimum absolute atomic E-state index is 0.160. The minimum Gasteiger partial charge on any atom is -0.336 e. The van der Waals surface area contributed by atoms with Crippen molar-refractivity contribution >= 4 is 21.8 Å². The quantitative estimate of drug-likeness (QED) is 0.927. The highest BCUT2D eigenvalue weighted by Crippen LogP contribution is 2.22. The van der Waals surface area contributed by atoms with Crippen molar-refractivity contribution in [3.8, 4) is 0 Å². The van der Waals surface area contributed by atoms with Gasteiger partial charge in [0.15, 0.2) is 0 Å². The number of benzene rings is 1. The molecule has 0 bridgehead atoms. The number of nitrogens with one attached hydrogen (secondary N) is 1. The lowest BCUT2D eigenvalue weighted by Gasteiger charge is -2.34. The average molecular weight is 325 g/mol. The van der Waals surface area contributed by atoms with Crippen LogP contribution in [0.3, 0.4) is 0 Å². The van der Waals surface area contributed by atoms with Gasteiger partial charge in [0.25, 0.3) is 5.91 Å². The zero-order valence-electron chi connectivity index (χ0n) is 11.6. The molecular formula is C15H21BrN2O. The Kier molecular flexibility index (Phi) is 4.99. The molecule has 104 valence electrons. The summed E-state index contributed by atoms with van der Waals surface area (Å²) in [6.45, 7) is 6.84. The van der Waals surface area contributed by atoms with Crippen molar-refractivity contribution in [1.82, 2.24) is 10.2 Å². The normalized spacial score (nSPS) is 16.4. The second-order valence-corrected chi connectivity index (χ2v) is 5.84. The predicted molar refractivity (Wildman–Crippen MR) is 81.5 cm³/mol. The Morgan fingerprint density at radius 3 is 2.74 bits per heavy atom. The van der Waals surface area contributed by atoms with Crippen LogP contribution in [-0.4, -0.2) is 36.5 Å². The zero-order chi connectivity index (χ0) is 13.8. The van der Waals surface area contributed by atoms with E-state index in [1.54, 1.807) is 0 Å². The molecule has 0 aliphatic carbocycles. The number of rotatable bonds is 3. The summed E-state index contributed by atoms with van der Waals surface area (Å²) in [6, 6.07) is 6.21. The number of amides is 1. The lowest BCUT2D eigenvalue weighted by molar-refractivity contribution is 0.0655. The molecule has 0 radical (unpaired) electrons. The highest BCUT2D eigenvalue weighted by Gasteiger charge is 2.25. The number of hydrogen-bond donors (Lipinski definition) is 1. The summed E-state index contributed by atoms with van der Waals surface area (Å²) in [7, 11) is 0. The third-order valence-corrected chi connectivity index (χ3v) is 4.71. The number of piperidine rings is 1. The lowest BCUT2D eigenvalue weighted by Crippen LogP contribution is -2.46. The van der Waals surface area contributed by atoms with Crippen LogP contribution in [0.25, 0.3) is 0 Å². The number of nitrogens with zero attached hydrogens (tertiary/aromatic N) is 1. The van der Waals surface area contributed by atoms with Gasteiger partial charge in [-0.15, -0.1) is 0 Å². The van der Waals surface area contributed by atoms with Crippen LogP contribution in [-0.2, 0) is 0 Å². The maximum Gasteiger partial charge on any atom is 0.254 e. The Morgan fingerprint density at radius 2 is 2.11 bits per heavy atom. The van der Waals surface area contributed by atoms with Gasteiger partial charge in [-0.1, -0.05) is 22.0 Å². The standard InChI is InChI=1S/C15H21BrN2O/c1-3-18(12-7-9-17-10-8-12)15(19)13-5-4-6-14(16)11(13)2/h4-6,12,17H,3,7-10H2,1-2H3. The first kappa shape index (κ1) is 14.5. The van der Waals surface area contributed by atoms with Gasteiger partial charge >= 0.3 is 0 Å². The molecule has 0 unspecified atom stereocenters. The highest BCUT2D eigenvalue weighted by molar-refractivity contribution is 9.10. The molecule has 0 spiro atoms. The summed E-state index contributed by atoms with van der Waals surface area (Å²) in [5, 5.41) is 3.35. The van der Waals surface area contributed by atoms with Gasteiger partial charge in [0.1, 0.15) is 0 Å². The first-order valence-corrected chi connectivity index (χ1v) is 7.71. The van der Waals surface area contributed by atoms with E-state index in [0.717, 1.165) is 48.1 Å². The Labute approximate surface area is 123 Å². The van der Waals surface area contributed by atoms with Crippen LogP contribution in [0.4, 0.5) is 0 Å². The summed E-state index contributed by atoms with van der Waals surface area (Å²) < 4.78 is 1.000. The summed E-state index contributed by atoms with van der Waals surface area (Å²) in [5.41, 5.74) is 1.84. The van der Waals surface area contributed by atoms with Crippen molar-refractivity contribution < 1.29 is 4.79 Å². The fraction of sp³-hybridized carbons (Fsp3) is 0.533. The number of carbonyl (C=O) groups is 1. The molecular weight excluding hydrogens is 304 g/mol. The van der Waals surface area contributed by atoms with Crippen molar-refractivity contribution in [3.05, 3.63) is 33.8 Å². The molecule has 1 aliphatic rings. The molecule has 1 N–H and O–H groups in total. The monoisotopic (exact) mass is 324 g/mol. The van der Waals surface area contributed by atoms with E-state index in [9.17, 15) is 4.79 Å². The molecule has 1 aliphatic heterocycles. The SMILES string of the molecule is CCN(C(=O)c1cccc(Br)c1C)C1CCNCC1. The highest BCUT2D eigenvalue weighted by atomic mass is 79.9. The maximum absolute atomic E-state index is 12.7. The van der Waals surface area contributed by atoms with Crippen LogP contribution >= 0.6 is 15.9 Å². The van der Waals surface area contributed by atoms with Crippen LogP contribution < -0.4 is 5.32 Å². The molecule has 1 aromatic carbocycles. The second-order valence-electron chi connectivity index (χ2n) is 4.98. The molecule has 19 heavy (non-hydrogen) atoms. The molecule has 1 aromatic rings. The van der Waals surface area contributed by atoms with Gasteiger partial charge < -0.3 is 10.2 Å². The van der Waals surface area contributed by atoms with Crippen LogP contribution in [0.2, 0.25) is 0 Å². The molecule has 3 nitrogen and oxygen atoms in total. The van der Waals surface area contributed by atoms with Gasteiger partial charge in [-0.25, -0.2) is 0 Å². The van der Waals surface area contributed by atoms with Crippen LogP contribution in [0.15, 0.2) is 22.7 Å². The van der Waals surface area contributed by atoms with E-state index >= 15 is 0 Å². The molecule has 1 fully saturated rings. The lowest BCUT2D eigenvalue weighted by atomic mass is 10.0. The smallest absolute Gasteiger partial charge is 0.254 e. The van der Waals surface area contributed by atoms with Gasteiger partial charge in [-0.05, 0) is 57.5 Å². The molecule has 1 heterocycles. The topological polar surface area (TPSA) is 32.3 Å². The number of hydrogen-bond acceptors (Lipinski definition) is 2. The van der Waals surface area contributed by atoms with Crippen molar-refractivity contribution in [2.24, 2.45) is 0 Å². The Bertz CT molecular complexity index is 455. The number of halogens is 1. The van der Waals surface area contributed by atoms with Gasteiger partial charge in [-0.3, -0.25) is 4.79 Å². The van der Waals surface area contributed by atoms with Gasteiger partial charge in [0, 0.05) is 22.6 Å². The average Bonchev–Trinajstić information content (AvgIpc) is 2.44. The molecule has 0 saturated carbocycles. The van der Waals surface area contributed by atoms with Gasteiger partial charge in [0.05, 0.1) is 0 Å². The Hall–Kier alpha value is -0.870. The van der Waals surface area contributed by atoms with E-state index < -0.39 is 0 Å². The van der Waals surface area contributed by atoms with E-state index in [-0.39, 0.29) is 5.91 Å². The summed E-state index contributed by atoms with van der Waals surface area (Å²) in [6.07, 6.45) is 2.10. The van der Waals surface area contributed by atoms with Gasteiger partial charge in [-0.2, -0.15) is 0 Å². The summed E-state index contributed by atoms with van der Waals surface area (Å²) >= 11 is 3.50. The third-order valence-electron chi connectivity index (χ3n) is 3.85. The van der Waals surface area contributed by atoms with Crippen molar-refractivity contribution in [1.29, 1.82) is 0 Å². The Morgan fingerprint density at radius 1 is 1.42 bits per heavy atom. The second kappa shape index (κ2) is 6.53. The summed E-state index contributed by atoms with van der Waals surface area (Å²) in [5.74, 6) is 0.160. The van der Waals surface area contributed by atoms with E-state index in [0.29, 0.717) is 6.04 Å². The van der Waals surface area contributed by atoms with Crippen molar-refractivity contribution in [2.45, 2.75) is 32.7 Å². The molecule has 1 saturated heterocycles. The van der Waals surface area contributed by atoms with Crippen LogP contribution in [0.1, 0.15) is 35.7 Å². The van der Waals surface area contributed by atoms with Gasteiger partial charge in [0.2, 0.25) is 0 Å². The minimum atomic E-state index is 0.160. The first-order valence-electron chi connectivity index (χ1n) is 6.92. The zero-order valence-corrected chi connectivity index (χ0v) is 13.2.